The number of aliphatic hydroxyl groups excluding tert-OH is 1. The van der Waals surface area contributed by atoms with Crippen molar-refractivity contribution in [3.05, 3.63) is 0 Å². The van der Waals surface area contributed by atoms with Crippen LogP contribution in [0.5, 0.6) is 0 Å². The number of morpholine rings is 1. The fraction of sp³-hybridized carbons (Fsp3) is 0.889. The van der Waals surface area contributed by atoms with E-state index in [1.807, 2.05) is 14.1 Å². The van der Waals surface area contributed by atoms with Gasteiger partial charge in [0, 0.05) is 13.1 Å². The summed E-state index contributed by atoms with van der Waals surface area (Å²) in [6, 6.07) is 0. The first-order valence-electron chi connectivity index (χ1n) is 4.94. The summed E-state index contributed by atoms with van der Waals surface area (Å²) >= 11 is 0. The molecule has 0 saturated carbocycles. The van der Waals surface area contributed by atoms with Gasteiger partial charge in [-0.05, 0) is 0 Å². The van der Waals surface area contributed by atoms with Gasteiger partial charge < -0.3 is 10.1 Å². The molecule has 1 saturated heterocycles. The Labute approximate surface area is 92.1 Å². The minimum absolute atomic E-state index is 0.0928. The Balaban J connectivity index is 0.000000280. The first-order chi connectivity index (χ1) is 7.12. The number of quaternary nitrogens is 1. The molecule has 5 nitrogen and oxygen atoms in total. The number of aliphatic hydroxyl groups is 1. The van der Waals surface area contributed by atoms with Crippen molar-refractivity contribution in [2.75, 3.05) is 53.6 Å². The van der Waals surface area contributed by atoms with Gasteiger partial charge in [0.15, 0.2) is 0 Å². The van der Waals surface area contributed by atoms with Crippen molar-refractivity contribution in [2.45, 2.75) is 0 Å². The second-order valence-electron chi connectivity index (χ2n) is 3.69. The minimum atomic E-state index is -0.105. The predicted molar refractivity (Wildman–Crippen MR) is 59.2 cm³/mol. The molecule has 0 aromatic carbocycles. The third-order valence-electron chi connectivity index (χ3n) is 1.82. The van der Waals surface area contributed by atoms with Crippen LogP contribution >= 0.6 is 7.92 Å². The summed E-state index contributed by atoms with van der Waals surface area (Å²) in [6.45, 7) is 4.48. The monoisotopic (exact) mass is 235 g/mol. The summed E-state index contributed by atoms with van der Waals surface area (Å²) in [6.07, 6.45) is 0. The third-order valence-corrected chi connectivity index (χ3v) is 2.44. The van der Waals surface area contributed by atoms with Crippen molar-refractivity contribution in [3.8, 4) is 5.75 Å². The summed E-state index contributed by atoms with van der Waals surface area (Å²) < 4.78 is 15.4. The van der Waals surface area contributed by atoms with Gasteiger partial charge in [-0.15, -0.1) is 0 Å². The molecule has 0 bridgehead atoms. The number of nitrogens with one attached hydrogen (secondary N) is 1. The van der Waals surface area contributed by atoms with Gasteiger partial charge in [0.25, 0.3) is 0 Å². The molecule has 1 fully saturated rings. The Bertz CT molecular complexity index is 236. The molecule has 0 spiro atoms. The fourth-order valence-corrected chi connectivity index (χ4v) is 1.25. The standard InChI is InChI=1S/C5H11NO2P.C4H9NO/c1-6(2,3-4-7)5-9-8;1-3-6-4-2-5-1/h7H,3-4H2,1-2H3;5H,1-4H2/q+1;. The molecule has 1 heterocycles. The van der Waals surface area contributed by atoms with Crippen LogP contribution in [0.25, 0.3) is 0 Å². The number of likely N-dealkylation sites (N-methyl/N-ethyl adjacent to an activating group) is 1. The molecular formula is C9H20N2O3P+. The maximum atomic E-state index is 9.98. The van der Waals surface area contributed by atoms with Gasteiger partial charge in [-0.2, -0.15) is 0 Å². The molecule has 1 aliphatic heterocycles. The molecule has 15 heavy (non-hydrogen) atoms. The first-order valence-corrected chi connectivity index (χ1v) is 5.75. The predicted octanol–water partition coefficient (Wildman–Crippen LogP) is -0.130. The van der Waals surface area contributed by atoms with Crippen LogP contribution in [0.3, 0.4) is 0 Å². The van der Waals surface area contributed by atoms with E-state index in [0.29, 0.717) is 11.0 Å². The van der Waals surface area contributed by atoms with Crippen LogP contribution in [0.4, 0.5) is 0 Å². The van der Waals surface area contributed by atoms with Gasteiger partial charge in [0.05, 0.1) is 13.2 Å². The van der Waals surface area contributed by atoms with Gasteiger partial charge >= 0.3 is 55.1 Å². The van der Waals surface area contributed by atoms with Gasteiger partial charge in [-0.3, -0.25) is 0 Å². The second kappa shape index (κ2) is 9.10. The van der Waals surface area contributed by atoms with Crippen molar-refractivity contribution in [1.29, 1.82) is 0 Å². The number of rotatable bonds is 2. The normalized spacial score (nSPS) is 15.9. The van der Waals surface area contributed by atoms with Gasteiger partial charge in [-0.25, -0.2) is 0 Å². The molecule has 88 valence electrons. The van der Waals surface area contributed by atoms with Crippen molar-refractivity contribution in [3.63, 3.8) is 0 Å². The van der Waals surface area contributed by atoms with Crippen LogP contribution in [-0.4, -0.2) is 63.1 Å². The van der Waals surface area contributed by atoms with Crippen molar-refractivity contribution < 1.29 is 18.9 Å². The van der Waals surface area contributed by atoms with Crippen LogP contribution in [0.2, 0.25) is 0 Å². The number of nitrogens with zero attached hydrogens (tertiary/aromatic N) is 1. The van der Waals surface area contributed by atoms with E-state index < -0.39 is 0 Å². The van der Waals surface area contributed by atoms with E-state index in [1.165, 1.54) is 0 Å². The van der Waals surface area contributed by atoms with Crippen LogP contribution in [0, 0.1) is 5.75 Å². The second-order valence-corrected chi connectivity index (χ2v) is 4.07. The van der Waals surface area contributed by atoms with E-state index in [0.717, 1.165) is 26.3 Å². The average Bonchev–Trinajstić information content (AvgIpc) is 2.21. The van der Waals surface area contributed by atoms with Crippen LogP contribution in [0.15, 0.2) is 0 Å². The Hall–Kier alpha value is -0.150. The number of hydrogen-bond acceptors (Lipinski definition) is 4. The third kappa shape index (κ3) is 10.1. The van der Waals surface area contributed by atoms with Gasteiger partial charge in [0.1, 0.15) is 0 Å². The summed E-state index contributed by atoms with van der Waals surface area (Å²) in [5.41, 5.74) is 0. The Kier molecular flexibility index (Phi) is 9.01. The van der Waals surface area contributed by atoms with Crippen LogP contribution < -0.4 is 5.32 Å². The van der Waals surface area contributed by atoms with E-state index >= 15 is 0 Å². The van der Waals surface area contributed by atoms with Crippen LogP contribution in [-0.2, 0) is 9.30 Å². The Morgan fingerprint density at radius 2 is 2.07 bits per heavy atom. The van der Waals surface area contributed by atoms with Gasteiger partial charge in [-0.1, -0.05) is 0 Å². The van der Waals surface area contributed by atoms with Crippen molar-refractivity contribution in [1.82, 2.24) is 5.32 Å². The molecule has 2 N–H and O–H groups in total. The number of hydrogen-bond donors (Lipinski definition) is 2. The zero-order valence-corrected chi connectivity index (χ0v) is 10.3. The maximum absolute atomic E-state index is 9.98. The number of ether oxygens (including phenoxy) is 1. The Morgan fingerprint density at radius 1 is 1.47 bits per heavy atom. The molecule has 0 atom stereocenters. The summed E-state index contributed by atoms with van der Waals surface area (Å²) in [5.74, 6) is 2.62. The van der Waals surface area contributed by atoms with Crippen molar-refractivity contribution >= 4 is 7.92 Å². The SMILES string of the molecule is C1COCCN1.C[N+](C)(C#P=O)CCO. The summed E-state index contributed by atoms with van der Waals surface area (Å²) in [7, 11) is 3.54. The molecule has 0 amide bonds. The molecule has 0 radical (unpaired) electrons. The zero-order valence-electron chi connectivity index (χ0n) is 9.40. The summed E-state index contributed by atoms with van der Waals surface area (Å²) in [4.78, 5) is 0. The van der Waals surface area contributed by atoms with Gasteiger partial charge in [0.2, 0.25) is 0 Å². The molecule has 1 rings (SSSR count). The quantitative estimate of drug-likeness (QED) is 0.517. The van der Waals surface area contributed by atoms with Crippen LogP contribution in [0.1, 0.15) is 0 Å². The van der Waals surface area contributed by atoms with E-state index in [9.17, 15) is 4.57 Å². The molecule has 0 aliphatic carbocycles. The molecule has 0 unspecified atom stereocenters. The van der Waals surface area contributed by atoms with E-state index in [4.69, 9.17) is 9.84 Å². The molecule has 0 aromatic heterocycles. The summed E-state index contributed by atoms with van der Waals surface area (Å²) in [5, 5.41) is 11.6. The Morgan fingerprint density at radius 3 is 2.33 bits per heavy atom. The molecule has 6 heteroatoms. The van der Waals surface area contributed by atoms with E-state index in [2.05, 4.69) is 11.1 Å². The topological polar surface area (TPSA) is 58.6 Å². The van der Waals surface area contributed by atoms with E-state index in [1.54, 1.807) is 0 Å². The van der Waals surface area contributed by atoms with E-state index in [-0.39, 0.29) is 14.5 Å². The zero-order chi connectivity index (χ0) is 11.6. The molecule has 1 aliphatic rings. The molecular weight excluding hydrogens is 215 g/mol. The first kappa shape index (κ1) is 14.8. The molecule has 0 aromatic rings. The fourth-order valence-electron chi connectivity index (χ4n) is 0.926. The van der Waals surface area contributed by atoms with Crippen molar-refractivity contribution in [2.24, 2.45) is 0 Å². The average molecular weight is 235 g/mol.